The van der Waals surface area contributed by atoms with Crippen LogP contribution < -0.4 is 5.32 Å². The van der Waals surface area contributed by atoms with Gasteiger partial charge >= 0.3 is 0 Å². The quantitative estimate of drug-likeness (QED) is 0.600. The summed E-state index contributed by atoms with van der Waals surface area (Å²) in [4.78, 5) is 21.5. The van der Waals surface area contributed by atoms with Crippen LogP contribution >= 0.6 is 0 Å². The number of aryl methyl sites for hydroxylation is 2. The molecule has 0 saturated carbocycles. The summed E-state index contributed by atoms with van der Waals surface area (Å²) in [5.41, 5.74) is 4.07. The molecule has 0 aliphatic carbocycles. The summed E-state index contributed by atoms with van der Waals surface area (Å²) >= 11 is 0. The number of benzene rings is 2. The number of fused-ring (bicyclic) bond motifs is 1. The number of pyridine rings is 1. The lowest BCUT2D eigenvalue weighted by molar-refractivity contribution is 0.0949. The third kappa shape index (κ3) is 3.42. The van der Waals surface area contributed by atoms with Gasteiger partial charge in [0.1, 0.15) is 0 Å². The van der Waals surface area contributed by atoms with Gasteiger partial charge in [0.15, 0.2) is 5.82 Å². The maximum absolute atomic E-state index is 12.6. The Hall–Kier alpha value is -3.54. The van der Waals surface area contributed by atoms with Crippen LogP contribution in [-0.4, -0.2) is 21.0 Å². The summed E-state index contributed by atoms with van der Waals surface area (Å²) in [7, 11) is 0. The number of rotatable bonds is 4. The van der Waals surface area contributed by atoms with Gasteiger partial charge in [0.25, 0.3) is 11.8 Å². The average molecular weight is 358 g/mol. The maximum atomic E-state index is 12.6. The topological polar surface area (TPSA) is 80.9 Å². The molecule has 27 heavy (non-hydrogen) atoms. The van der Waals surface area contributed by atoms with Gasteiger partial charge in [-0.05, 0) is 37.6 Å². The molecule has 0 fully saturated rings. The second kappa shape index (κ2) is 6.99. The van der Waals surface area contributed by atoms with Gasteiger partial charge in [0, 0.05) is 10.9 Å². The van der Waals surface area contributed by atoms with Crippen molar-refractivity contribution < 1.29 is 9.32 Å². The number of amides is 1. The highest BCUT2D eigenvalue weighted by Gasteiger charge is 2.14. The van der Waals surface area contributed by atoms with Crippen molar-refractivity contribution in [1.29, 1.82) is 0 Å². The molecule has 6 nitrogen and oxygen atoms in total. The zero-order valence-electron chi connectivity index (χ0n) is 15.1. The van der Waals surface area contributed by atoms with Crippen molar-refractivity contribution in [3.05, 3.63) is 77.2 Å². The van der Waals surface area contributed by atoms with E-state index in [1.165, 1.54) is 0 Å². The Morgan fingerprint density at radius 3 is 2.67 bits per heavy atom. The number of carbonyl (C=O) groups excluding carboxylic acids is 1. The maximum Gasteiger partial charge on any atom is 0.257 e. The molecule has 0 aliphatic rings. The molecule has 0 radical (unpaired) electrons. The fourth-order valence-corrected chi connectivity index (χ4v) is 2.95. The van der Waals surface area contributed by atoms with E-state index in [2.05, 4.69) is 20.4 Å². The van der Waals surface area contributed by atoms with E-state index < -0.39 is 0 Å². The Labute approximate surface area is 156 Å². The molecule has 1 amide bonds. The largest absolute Gasteiger partial charge is 0.345 e. The van der Waals surface area contributed by atoms with Gasteiger partial charge in [-0.25, -0.2) is 0 Å². The normalized spacial score (nSPS) is 10.9. The van der Waals surface area contributed by atoms with Crippen LogP contribution in [0.5, 0.6) is 0 Å². The highest BCUT2D eigenvalue weighted by atomic mass is 16.5. The lowest BCUT2D eigenvalue weighted by Gasteiger charge is -2.09. The predicted octanol–water partition coefficient (Wildman–Crippen LogP) is 3.83. The van der Waals surface area contributed by atoms with Gasteiger partial charge in [-0.1, -0.05) is 41.6 Å². The Morgan fingerprint density at radius 2 is 1.85 bits per heavy atom. The van der Waals surface area contributed by atoms with E-state index in [1.807, 2.05) is 68.4 Å². The molecule has 4 aromatic rings. The fraction of sp³-hybridized carbons (Fsp3) is 0.143. The zero-order valence-corrected chi connectivity index (χ0v) is 15.1. The average Bonchev–Trinajstić information content (AvgIpc) is 3.16. The Morgan fingerprint density at radius 1 is 1.04 bits per heavy atom. The number of hydrogen-bond acceptors (Lipinski definition) is 5. The molecule has 2 heterocycles. The van der Waals surface area contributed by atoms with Crippen LogP contribution in [0, 0.1) is 13.8 Å². The van der Waals surface area contributed by atoms with Gasteiger partial charge in [0.05, 0.1) is 23.3 Å². The molecular weight excluding hydrogens is 340 g/mol. The summed E-state index contributed by atoms with van der Waals surface area (Å²) in [5.74, 6) is 0.637. The van der Waals surface area contributed by atoms with Crippen LogP contribution in [0.15, 0.2) is 59.1 Å². The first-order chi connectivity index (χ1) is 13.1. The van der Waals surface area contributed by atoms with E-state index in [0.29, 0.717) is 23.0 Å². The van der Waals surface area contributed by atoms with Crippen molar-refractivity contribution in [3.63, 3.8) is 0 Å². The van der Waals surface area contributed by atoms with Crippen molar-refractivity contribution >= 4 is 16.8 Å². The van der Waals surface area contributed by atoms with E-state index in [-0.39, 0.29) is 12.5 Å². The van der Waals surface area contributed by atoms with Crippen molar-refractivity contribution in [2.24, 2.45) is 0 Å². The molecule has 2 aromatic heterocycles. The highest BCUT2D eigenvalue weighted by Crippen LogP contribution is 2.20. The smallest absolute Gasteiger partial charge is 0.257 e. The van der Waals surface area contributed by atoms with Gasteiger partial charge in [-0.15, -0.1) is 0 Å². The molecule has 1 N–H and O–H groups in total. The number of aromatic nitrogens is 3. The Bertz CT molecular complexity index is 1120. The first kappa shape index (κ1) is 16.9. The van der Waals surface area contributed by atoms with Crippen LogP contribution in [0.2, 0.25) is 0 Å². The SMILES string of the molecule is Cc1nc2c(C)cccc2cc1C(=O)NCc1noc(-c2ccccc2)n1. The van der Waals surface area contributed by atoms with Crippen molar-refractivity contribution in [2.45, 2.75) is 20.4 Å². The predicted molar refractivity (Wildman–Crippen MR) is 102 cm³/mol. The van der Waals surface area contributed by atoms with Crippen molar-refractivity contribution in [3.8, 4) is 11.5 Å². The van der Waals surface area contributed by atoms with E-state index in [9.17, 15) is 4.79 Å². The van der Waals surface area contributed by atoms with Crippen LogP contribution in [0.1, 0.15) is 27.4 Å². The minimum absolute atomic E-state index is 0.181. The van der Waals surface area contributed by atoms with E-state index in [0.717, 1.165) is 22.0 Å². The van der Waals surface area contributed by atoms with Crippen LogP contribution in [-0.2, 0) is 6.54 Å². The molecule has 6 heteroatoms. The number of carbonyl (C=O) groups is 1. The molecule has 0 atom stereocenters. The van der Waals surface area contributed by atoms with Crippen molar-refractivity contribution in [1.82, 2.24) is 20.4 Å². The molecule has 134 valence electrons. The number of nitrogens with zero attached hydrogens (tertiary/aromatic N) is 3. The lowest BCUT2D eigenvalue weighted by Crippen LogP contribution is -2.24. The van der Waals surface area contributed by atoms with Gasteiger partial charge in [-0.3, -0.25) is 9.78 Å². The molecule has 2 aromatic carbocycles. The first-order valence-corrected chi connectivity index (χ1v) is 8.65. The summed E-state index contributed by atoms with van der Waals surface area (Å²) in [5, 5.41) is 7.70. The summed E-state index contributed by atoms with van der Waals surface area (Å²) < 4.78 is 5.26. The molecule has 0 aliphatic heterocycles. The van der Waals surface area contributed by atoms with E-state index >= 15 is 0 Å². The summed E-state index contributed by atoms with van der Waals surface area (Å²) in [6, 6.07) is 17.3. The minimum Gasteiger partial charge on any atom is -0.345 e. The Balaban J connectivity index is 1.51. The van der Waals surface area contributed by atoms with E-state index in [1.54, 1.807) is 0 Å². The minimum atomic E-state index is -0.213. The zero-order chi connectivity index (χ0) is 18.8. The third-order valence-corrected chi connectivity index (χ3v) is 4.38. The fourth-order valence-electron chi connectivity index (χ4n) is 2.95. The number of nitrogens with one attached hydrogen (secondary N) is 1. The van der Waals surface area contributed by atoms with Crippen LogP contribution in [0.3, 0.4) is 0 Å². The second-order valence-corrected chi connectivity index (χ2v) is 6.33. The van der Waals surface area contributed by atoms with Gasteiger partial charge in [0.2, 0.25) is 0 Å². The number of para-hydroxylation sites is 1. The van der Waals surface area contributed by atoms with Crippen molar-refractivity contribution in [2.75, 3.05) is 0 Å². The summed E-state index contributed by atoms with van der Waals surface area (Å²) in [6.07, 6.45) is 0. The first-order valence-electron chi connectivity index (χ1n) is 8.65. The number of hydrogen-bond donors (Lipinski definition) is 1. The summed E-state index contributed by atoms with van der Waals surface area (Å²) in [6.45, 7) is 4.03. The van der Waals surface area contributed by atoms with Crippen LogP contribution in [0.25, 0.3) is 22.4 Å². The molecule has 0 bridgehead atoms. The third-order valence-electron chi connectivity index (χ3n) is 4.38. The Kier molecular flexibility index (Phi) is 4.38. The molecular formula is C21H18N4O2. The van der Waals surface area contributed by atoms with E-state index in [4.69, 9.17) is 4.52 Å². The monoisotopic (exact) mass is 358 g/mol. The van der Waals surface area contributed by atoms with Crippen LogP contribution in [0.4, 0.5) is 0 Å². The standard InChI is InChI=1S/C21H18N4O2/c1-13-7-6-10-16-11-17(14(2)23-19(13)16)20(26)22-12-18-24-21(27-25-18)15-8-4-3-5-9-15/h3-11H,12H2,1-2H3,(H,22,26). The second-order valence-electron chi connectivity index (χ2n) is 6.33. The van der Waals surface area contributed by atoms with Gasteiger partial charge < -0.3 is 9.84 Å². The highest BCUT2D eigenvalue weighted by molar-refractivity contribution is 5.99. The molecule has 0 saturated heterocycles. The molecule has 0 unspecified atom stereocenters. The van der Waals surface area contributed by atoms with Gasteiger partial charge in [-0.2, -0.15) is 4.98 Å². The molecule has 4 rings (SSSR count). The molecule has 0 spiro atoms. The lowest BCUT2D eigenvalue weighted by atomic mass is 10.1.